The molecule has 6 nitrogen and oxygen atoms in total. The number of thiophene rings is 1. The quantitative estimate of drug-likeness (QED) is 0.549. The van der Waals surface area contributed by atoms with E-state index in [1.807, 2.05) is 48.7 Å². The minimum atomic E-state index is -0.0521. The SMILES string of the molecule is CCOCc1ccccc1CNC(=O)CSc1n[nH]c(-c2cccs2)n1. The lowest BCUT2D eigenvalue weighted by molar-refractivity contribution is -0.118. The molecule has 1 amide bonds. The number of thioether (sulfide) groups is 1. The molecule has 1 aromatic carbocycles. The van der Waals surface area contributed by atoms with Gasteiger partial charge in [-0.15, -0.1) is 16.4 Å². The average Bonchev–Trinajstić information content (AvgIpc) is 3.35. The summed E-state index contributed by atoms with van der Waals surface area (Å²) in [4.78, 5) is 17.6. The minimum absolute atomic E-state index is 0.0521. The smallest absolute Gasteiger partial charge is 0.230 e. The second-order valence-electron chi connectivity index (χ2n) is 5.42. The molecule has 0 radical (unpaired) electrons. The molecule has 0 saturated carbocycles. The van der Waals surface area contributed by atoms with Crippen molar-refractivity contribution in [3.8, 4) is 10.7 Å². The number of nitrogens with zero attached hydrogens (tertiary/aromatic N) is 2. The Balaban J connectivity index is 1.48. The number of amides is 1. The predicted octanol–water partition coefficient (Wildman–Crippen LogP) is 3.48. The normalized spacial score (nSPS) is 10.8. The van der Waals surface area contributed by atoms with E-state index in [-0.39, 0.29) is 11.7 Å². The first kappa shape index (κ1) is 18.6. The fraction of sp³-hybridized carbons (Fsp3) is 0.278. The number of aromatic amines is 1. The van der Waals surface area contributed by atoms with Gasteiger partial charge in [0.15, 0.2) is 5.82 Å². The summed E-state index contributed by atoms with van der Waals surface area (Å²) in [6.07, 6.45) is 0. The van der Waals surface area contributed by atoms with Crippen LogP contribution in [0.2, 0.25) is 0 Å². The molecular weight excluding hydrogens is 368 g/mol. The Morgan fingerprint density at radius 2 is 2.12 bits per heavy atom. The number of carbonyl (C=O) groups is 1. The van der Waals surface area contributed by atoms with Crippen LogP contribution in [0, 0.1) is 0 Å². The van der Waals surface area contributed by atoms with Crippen LogP contribution in [0.5, 0.6) is 0 Å². The summed E-state index contributed by atoms with van der Waals surface area (Å²) in [6, 6.07) is 11.9. The van der Waals surface area contributed by atoms with Crippen molar-refractivity contribution < 1.29 is 9.53 Å². The topological polar surface area (TPSA) is 79.9 Å². The van der Waals surface area contributed by atoms with Gasteiger partial charge in [-0.25, -0.2) is 4.98 Å². The fourth-order valence-corrected chi connectivity index (χ4v) is 3.58. The van der Waals surface area contributed by atoms with Gasteiger partial charge in [0, 0.05) is 13.2 Å². The predicted molar refractivity (Wildman–Crippen MR) is 104 cm³/mol. The molecule has 2 N–H and O–H groups in total. The molecule has 0 aliphatic rings. The number of hydrogen-bond donors (Lipinski definition) is 2. The Kier molecular flexibility index (Phi) is 6.82. The highest BCUT2D eigenvalue weighted by atomic mass is 32.2. The lowest BCUT2D eigenvalue weighted by Crippen LogP contribution is -2.25. The number of carbonyl (C=O) groups excluding carboxylic acids is 1. The molecule has 26 heavy (non-hydrogen) atoms. The Bertz CT molecular complexity index is 833. The summed E-state index contributed by atoms with van der Waals surface area (Å²) in [6.45, 7) is 3.67. The summed E-state index contributed by atoms with van der Waals surface area (Å²) < 4.78 is 5.47. The largest absolute Gasteiger partial charge is 0.377 e. The summed E-state index contributed by atoms with van der Waals surface area (Å²) in [5.41, 5.74) is 2.16. The van der Waals surface area contributed by atoms with Crippen molar-refractivity contribution >= 4 is 29.0 Å². The maximum Gasteiger partial charge on any atom is 0.230 e. The van der Waals surface area contributed by atoms with Crippen molar-refractivity contribution in [1.29, 1.82) is 0 Å². The number of aromatic nitrogens is 3. The van der Waals surface area contributed by atoms with Gasteiger partial charge in [0.25, 0.3) is 0 Å². The van der Waals surface area contributed by atoms with Gasteiger partial charge < -0.3 is 10.1 Å². The molecule has 2 heterocycles. The molecule has 3 aromatic rings. The van der Waals surface area contributed by atoms with E-state index in [2.05, 4.69) is 20.5 Å². The van der Waals surface area contributed by atoms with Crippen LogP contribution in [-0.4, -0.2) is 33.4 Å². The molecule has 0 saturated heterocycles. The first-order chi connectivity index (χ1) is 12.8. The number of H-pyrrole nitrogens is 1. The molecule has 0 spiro atoms. The van der Waals surface area contributed by atoms with Crippen LogP contribution in [0.1, 0.15) is 18.1 Å². The lowest BCUT2D eigenvalue weighted by atomic mass is 10.1. The fourth-order valence-electron chi connectivity index (χ4n) is 2.29. The van der Waals surface area contributed by atoms with Gasteiger partial charge in [0.1, 0.15) is 0 Å². The van der Waals surface area contributed by atoms with Crippen molar-refractivity contribution in [3.05, 3.63) is 52.9 Å². The lowest BCUT2D eigenvalue weighted by Gasteiger charge is -2.10. The zero-order valence-corrected chi connectivity index (χ0v) is 16.0. The molecule has 2 aromatic heterocycles. The Hall–Kier alpha value is -2.16. The van der Waals surface area contributed by atoms with Gasteiger partial charge in [0.05, 0.1) is 17.2 Å². The van der Waals surface area contributed by atoms with Gasteiger partial charge in [0.2, 0.25) is 11.1 Å². The number of rotatable bonds is 9. The van der Waals surface area contributed by atoms with E-state index < -0.39 is 0 Å². The van der Waals surface area contributed by atoms with Crippen LogP contribution in [0.3, 0.4) is 0 Å². The van der Waals surface area contributed by atoms with Gasteiger partial charge >= 0.3 is 0 Å². The third-order valence-electron chi connectivity index (χ3n) is 3.61. The van der Waals surface area contributed by atoms with E-state index in [9.17, 15) is 4.79 Å². The van der Waals surface area contributed by atoms with Crippen molar-refractivity contribution in [2.45, 2.75) is 25.2 Å². The molecule has 0 bridgehead atoms. The standard InChI is InChI=1S/C18H20N4O2S2/c1-2-24-11-14-7-4-3-6-13(14)10-19-16(23)12-26-18-20-17(21-22-18)15-8-5-9-25-15/h3-9H,2,10-12H2,1H3,(H,19,23)(H,20,21,22). The molecule has 136 valence electrons. The highest BCUT2D eigenvalue weighted by Gasteiger charge is 2.10. The first-order valence-corrected chi connectivity index (χ1v) is 10.1. The van der Waals surface area contributed by atoms with Gasteiger partial charge in [-0.2, -0.15) is 0 Å². The van der Waals surface area contributed by atoms with Crippen LogP contribution < -0.4 is 5.32 Å². The maximum absolute atomic E-state index is 12.1. The van der Waals surface area contributed by atoms with Crippen molar-refractivity contribution in [2.75, 3.05) is 12.4 Å². The maximum atomic E-state index is 12.1. The average molecular weight is 389 g/mol. The third kappa shape index (κ3) is 5.17. The first-order valence-electron chi connectivity index (χ1n) is 8.26. The number of nitrogens with one attached hydrogen (secondary N) is 2. The molecule has 3 rings (SSSR count). The molecule has 0 fully saturated rings. The van der Waals surface area contributed by atoms with Crippen LogP contribution >= 0.6 is 23.1 Å². The van der Waals surface area contributed by atoms with Crippen molar-refractivity contribution in [3.63, 3.8) is 0 Å². The highest BCUT2D eigenvalue weighted by molar-refractivity contribution is 7.99. The molecule has 0 aliphatic carbocycles. The number of ether oxygens (including phenoxy) is 1. The Labute approximate surface area is 160 Å². The number of hydrogen-bond acceptors (Lipinski definition) is 6. The van der Waals surface area contributed by atoms with E-state index in [0.29, 0.717) is 24.9 Å². The molecule has 0 aliphatic heterocycles. The summed E-state index contributed by atoms with van der Waals surface area (Å²) in [5, 5.41) is 12.5. The van der Waals surface area contributed by atoms with Crippen LogP contribution in [0.15, 0.2) is 46.9 Å². The minimum Gasteiger partial charge on any atom is -0.377 e. The second-order valence-corrected chi connectivity index (χ2v) is 7.31. The third-order valence-corrected chi connectivity index (χ3v) is 5.33. The summed E-state index contributed by atoms with van der Waals surface area (Å²) in [7, 11) is 0. The van der Waals surface area contributed by atoms with E-state index in [1.165, 1.54) is 11.8 Å². The highest BCUT2D eigenvalue weighted by Crippen LogP contribution is 2.23. The number of benzene rings is 1. The van der Waals surface area contributed by atoms with Crippen LogP contribution in [-0.2, 0) is 22.7 Å². The van der Waals surface area contributed by atoms with Gasteiger partial charge in [-0.05, 0) is 29.5 Å². The zero-order valence-electron chi connectivity index (χ0n) is 14.4. The second kappa shape index (κ2) is 9.51. The van der Waals surface area contributed by atoms with E-state index in [0.717, 1.165) is 21.8 Å². The molecule has 0 atom stereocenters. The Morgan fingerprint density at radius 1 is 1.27 bits per heavy atom. The van der Waals surface area contributed by atoms with E-state index in [4.69, 9.17) is 4.74 Å². The van der Waals surface area contributed by atoms with Crippen LogP contribution in [0.4, 0.5) is 0 Å². The van der Waals surface area contributed by atoms with Crippen molar-refractivity contribution in [1.82, 2.24) is 20.5 Å². The van der Waals surface area contributed by atoms with E-state index in [1.54, 1.807) is 11.3 Å². The van der Waals surface area contributed by atoms with Gasteiger partial charge in [-0.3, -0.25) is 9.89 Å². The zero-order chi connectivity index (χ0) is 18.2. The Morgan fingerprint density at radius 3 is 2.88 bits per heavy atom. The monoisotopic (exact) mass is 388 g/mol. The summed E-state index contributed by atoms with van der Waals surface area (Å²) in [5.74, 6) is 0.950. The molecule has 0 unspecified atom stereocenters. The molecule has 8 heteroatoms. The van der Waals surface area contributed by atoms with Crippen LogP contribution in [0.25, 0.3) is 10.7 Å². The molecular formula is C18H20N4O2S2. The van der Waals surface area contributed by atoms with E-state index >= 15 is 0 Å². The van der Waals surface area contributed by atoms with Gasteiger partial charge in [-0.1, -0.05) is 42.1 Å². The van der Waals surface area contributed by atoms with Crippen molar-refractivity contribution in [2.24, 2.45) is 0 Å². The summed E-state index contributed by atoms with van der Waals surface area (Å²) >= 11 is 2.91.